The van der Waals surface area contributed by atoms with Crippen molar-refractivity contribution in [2.45, 2.75) is 54.1 Å². The van der Waals surface area contributed by atoms with E-state index in [0.29, 0.717) is 19.0 Å². The molecule has 0 aromatic heterocycles. The average Bonchev–Trinajstić information content (AvgIpc) is 2.43. The Kier molecular flexibility index (Phi) is 9.58. The summed E-state index contributed by atoms with van der Waals surface area (Å²) >= 11 is 0. The second-order valence-electron chi connectivity index (χ2n) is 6.30. The van der Waals surface area contributed by atoms with E-state index in [-0.39, 0.29) is 25.5 Å². The lowest BCUT2D eigenvalue weighted by atomic mass is 9.86. The van der Waals surface area contributed by atoms with Crippen molar-refractivity contribution in [1.29, 1.82) is 0 Å². The third kappa shape index (κ3) is 8.72. The Morgan fingerprint density at radius 2 is 2.09 bits per heavy atom. The van der Waals surface area contributed by atoms with Crippen LogP contribution in [0.15, 0.2) is 23.6 Å². The number of nitrogens with two attached hydrogens (primary N) is 1. The molecule has 1 saturated heterocycles. The molecule has 0 bridgehead atoms. The molecule has 0 aromatic rings. The Morgan fingerprint density at radius 3 is 2.50 bits per heavy atom. The first-order valence-corrected chi connectivity index (χ1v) is 7.89. The van der Waals surface area contributed by atoms with Crippen molar-refractivity contribution in [2.24, 2.45) is 11.1 Å². The molecule has 5 heteroatoms. The summed E-state index contributed by atoms with van der Waals surface area (Å²) < 4.78 is 10.8. The van der Waals surface area contributed by atoms with E-state index in [4.69, 9.17) is 15.2 Å². The number of carbonyl (C=O) groups excluding carboxylic acids is 1. The van der Waals surface area contributed by atoms with Gasteiger partial charge in [-0.05, 0) is 17.9 Å². The summed E-state index contributed by atoms with van der Waals surface area (Å²) in [5, 5.41) is 2.72. The third-order valence-electron chi connectivity index (χ3n) is 2.89. The summed E-state index contributed by atoms with van der Waals surface area (Å²) in [6.07, 6.45) is 4.96. The van der Waals surface area contributed by atoms with Crippen molar-refractivity contribution in [3.05, 3.63) is 23.6 Å². The number of rotatable bonds is 4. The van der Waals surface area contributed by atoms with E-state index in [1.807, 2.05) is 19.1 Å². The maximum Gasteiger partial charge on any atom is 0.246 e. The molecule has 1 aliphatic heterocycles. The summed E-state index contributed by atoms with van der Waals surface area (Å²) in [6, 6.07) is 0. The second kappa shape index (κ2) is 10.3. The van der Waals surface area contributed by atoms with E-state index in [2.05, 4.69) is 39.9 Å². The van der Waals surface area contributed by atoms with Crippen LogP contribution in [0.3, 0.4) is 0 Å². The van der Waals surface area contributed by atoms with Gasteiger partial charge in [0.05, 0.1) is 0 Å². The van der Waals surface area contributed by atoms with Gasteiger partial charge in [-0.25, -0.2) is 0 Å². The highest BCUT2D eigenvalue weighted by Crippen LogP contribution is 2.26. The number of ether oxygens (including phenoxy) is 2. The van der Waals surface area contributed by atoms with Gasteiger partial charge in [0.1, 0.15) is 19.3 Å². The summed E-state index contributed by atoms with van der Waals surface area (Å²) in [7, 11) is 0. The van der Waals surface area contributed by atoms with Crippen molar-refractivity contribution >= 4 is 5.91 Å². The Hall–Kier alpha value is -1.49. The van der Waals surface area contributed by atoms with E-state index in [0.717, 1.165) is 5.57 Å². The van der Waals surface area contributed by atoms with Crippen LogP contribution in [0.5, 0.6) is 0 Å². The number of amides is 1. The number of nitrogens with one attached hydrogen (secondary N) is 1. The molecule has 0 saturated carbocycles. The van der Waals surface area contributed by atoms with Gasteiger partial charge in [-0.1, -0.05) is 47.1 Å². The van der Waals surface area contributed by atoms with Crippen LogP contribution in [0.2, 0.25) is 0 Å². The molecule has 1 atom stereocenters. The highest BCUT2D eigenvalue weighted by atomic mass is 16.5. The summed E-state index contributed by atoms with van der Waals surface area (Å²) in [6.45, 7) is 13.5. The molecule has 0 spiro atoms. The molecule has 1 heterocycles. The predicted octanol–water partition coefficient (Wildman–Crippen LogP) is 2.97. The zero-order chi connectivity index (χ0) is 17.2. The SMILES string of the molecule is C/C=C(\C=C(/N)OC[C@@H]1CNC(=O)CO1)C(C)(C)C.CCC.[HH]. The van der Waals surface area contributed by atoms with Crippen molar-refractivity contribution in [3.63, 3.8) is 0 Å². The third-order valence-corrected chi connectivity index (χ3v) is 2.89. The van der Waals surface area contributed by atoms with Crippen LogP contribution in [0.1, 0.15) is 49.4 Å². The van der Waals surface area contributed by atoms with Crippen LogP contribution in [0, 0.1) is 5.41 Å². The van der Waals surface area contributed by atoms with E-state index in [1.54, 1.807) is 0 Å². The van der Waals surface area contributed by atoms with E-state index >= 15 is 0 Å². The maximum absolute atomic E-state index is 10.9. The number of carbonyl (C=O) groups is 1. The van der Waals surface area contributed by atoms with Crippen molar-refractivity contribution in [2.75, 3.05) is 19.8 Å². The fourth-order valence-corrected chi connectivity index (χ4v) is 1.76. The summed E-state index contributed by atoms with van der Waals surface area (Å²) in [4.78, 5) is 10.9. The lowest BCUT2D eigenvalue weighted by Gasteiger charge is -2.24. The minimum absolute atomic E-state index is 0. The second-order valence-corrected chi connectivity index (χ2v) is 6.30. The van der Waals surface area contributed by atoms with Crippen LogP contribution < -0.4 is 11.1 Å². The van der Waals surface area contributed by atoms with Crippen LogP contribution in [-0.4, -0.2) is 31.8 Å². The summed E-state index contributed by atoms with van der Waals surface area (Å²) in [5.74, 6) is 0.271. The highest BCUT2D eigenvalue weighted by molar-refractivity contribution is 5.77. The van der Waals surface area contributed by atoms with Gasteiger partial charge >= 0.3 is 0 Å². The first-order valence-electron chi connectivity index (χ1n) is 7.89. The Labute approximate surface area is 136 Å². The van der Waals surface area contributed by atoms with E-state index in [1.165, 1.54) is 6.42 Å². The Bertz CT molecular complexity index is 391. The standard InChI is InChI=1S/C14H24N2O3.C3H8.H2/c1-5-10(14(2,3)4)6-12(15)19-8-11-7-16-13(17)9-18-11;1-3-2;/h5-6,11H,7-9,15H2,1-4H3,(H,16,17);3H2,1-2H3;1H/b10-5+,12-6+;;/t11-;;/m0../s1. The molecule has 0 aliphatic carbocycles. The number of hydrogen-bond donors (Lipinski definition) is 2. The van der Waals surface area contributed by atoms with Gasteiger partial charge in [-0.2, -0.15) is 0 Å². The Morgan fingerprint density at radius 1 is 1.50 bits per heavy atom. The lowest BCUT2D eigenvalue weighted by molar-refractivity contribution is -0.134. The molecule has 1 amide bonds. The monoisotopic (exact) mass is 314 g/mol. The normalized spacial score (nSPS) is 19.9. The molecule has 22 heavy (non-hydrogen) atoms. The first kappa shape index (κ1) is 20.5. The summed E-state index contributed by atoms with van der Waals surface area (Å²) in [5.41, 5.74) is 6.99. The molecule has 0 aromatic carbocycles. The molecule has 5 nitrogen and oxygen atoms in total. The molecule has 0 radical (unpaired) electrons. The largest absolute Gasteiger partial charge is 0.477 e. The molecular formula is C17H34N2O3. The molecule has 1 rings (SSSR count). The molecule has 1 aliphatic rings. The van der Waals surface area contributed by atoms with Gasteiger partial charge in [-0.15, -0.1) is 0 Å². The lowest BCUT2D eigenvalue weighted by Crippen LogP contribution is -2.45. The van der Waals surface area contributed by atoms with Gasteiger partial charge in [0.15, 0.2) is 5.88 Å². The average molecular weight is 314 g/mol. The minimum Gasteiger partial charge on any atom is -0.477 e. The van der Waals surface area contributed by atoms with Crippen molar-refractivity contribution < 1.29 is 15.7 Å². The highest BCUT2D eigenvalue weighted by Gasteiger charge is 2.19. The van der Waals surface area contributed by atoms with Crippen LogP contribution in [-0.2, 0) is 14.3 Å². The molecule has 1 fully saturated rings. The fraction of sp³-hybridized carbons (Fsp3) is 0.706. The number of hydrogen-bond acceptors (Lipinski definition) is 4. The van der Waals surface area contributed by atoms with E-state index < -0.39 is 0 Å². The van der Waals surface area contributed by atoms with Gasteiger partial charge < -0.3 is 20.5 Å². The van der Waals surface area contributed by atoms with Crippen LogP contribution in [0.4, 0.5) is 0 Å². The van der Waals surface area contributed by atoms with Crippen molar-refractivity contribution in [1.82, 2.24) is 5.32 Å². The topological polar surface area (TPSA) is 73.6 Å². The van der Waals surface area contributed by atoms with E-state index in [9.17, 15) is 4.79 Å². The number of morpholine rings is 1. The molecular weight excluding hydrogens is 280 g/mol. The first-order chi connectivity index (χ1) is 10.2. The van der Waals surface area contributed by atoms with Crippen LogP contribution >= 0.6 is 0 Å². The zero-order valence-electron chi connectivity index (χ0n) is 14.9. The molecule has 130 valence electrons. The smallest absolute Gasteiger partial charge is 0.246 e. The van der Waals surface area contributed by atoms with Gasteiger partial charge in [0.25, 0.3) is 0 Å². The number of allylic oxidation sites excluding steroid dienone is 3. The predicted molar refractivity (Wildman–Crippen MR) is 92.3 cm³/mol. The van der Waals surface area contributed by atoms with Gasteiger partial charge in [-0.3, -0.25) is 4.79 Å². The fourth-order valence-electron chi connectivity index (χ4n) is 1.76. The minimum atomic E-state index is -0.145. The maximum atomic E-state index is 10.9. The zero-order valence-corrected chi connectivity index (χ0v) is 14.9. The van der Waals surface area contributed by atoms with Crippen molar-refractivity contribution in [3.8, 4) is 0 Å². The van der Waals surface area contributed by atoms with Crippen LogP contribution in [0.25, 0.3) is 0 Å². The van der Waals surface area contributed by atoms with Gasteiger partial charge in [0, 0.05) is 14.0 Å². The quantitative estimate of drug-likeness (QED) is 0.618. The van der Waals surface area contributed by atoms with Gasteiger partial charge in [0.2, 0.25) is 5.91 Å². The Balaban J connectivity index is 0. The molecule has 3 N–H and O–H groups in total. The molecule has 0 unspecified atom stereocenters.